The number of phenolic OH excluding ortho intramolecular Hbond substituents is 1. The number of carbonyl (C=O) groups excluding carboxylic acids is 1. The number of aryl methyl sites for hydroxylation is 1. The van der Waals surface area contributed by atoms with Crippen LogP contribution in [0.2, 0.25) is 0 Å². The van der Waals surface area contributed by atoms with E-state index in [1.807, 2.05) is 42.5 Å². The van der Waals surface area contributed by atoms with Gasteiger partial charge >= 0.3 is 0 Å². The van der Waals surface area contributed by atoms with Crippen molar-refractivity contribution in [3.05, 3.63) is 88.6 Å². The molecule has 2 aromatic heterocycles. The molecule has 0 unspecified atom stereocenters. The molecule has 0 atom stereocenters. The maximum atomic E-state index is 12.6. The Morgan fingerprint density at radius 1 is 1.03 bits per heavy atom. The van der Waals surface area contributed by atoms with Crippen LogP contribution in [0, 0.1) is 0 Å². The third kappa shape index (κ3) is 5.02. The van der Waals surface area contributed by atoms with Gasteiger partial charge in [0, 0.05) is 15.7 Å². The molecule has 0 saturated heterocycles. The normalized spacial score (nSPS) is 10.9. The summed E-state index contributed by atoms with van der Waals surface area (Å²) in [5.74, 6) is 0.500. The van der Waals surface area contributed by atoms with Crippen LogP contribution in [0.4, 0.5) is 5.69 Å². The molecule has 3 N–H and O–H groups in total. The number of amides is 1. The second-order valence-corrected chi connectivity index (χ2v) is 9.31. The number of hydrogen-bond acceptors (Lipinski definition) is 6. The number of aromatic nitrogens is 1. The zero-order valence-corrected chi connectivity index (χ0v) is 21.4. The molecule has 0 saturated carbocycles. The molecule has 0 spiro atoms. The minimum absolute atomic E-state index is 0.00818. The first-order chi connectivity index (χ1) is 17.4. The molecule has 0 aliphatic carbocycles. The fraction of sp³-hybridized carbons (Fsp3) is 0.0741. The van der Waals surface area contributed by atoms with Gasteiger partial charge in [-0.25, -0.2) is 4.98 Å². The summed E-state index contributed by atoms with van der Waals surface area (Å²) in [7, 11) is 0. The van der Waals surface area contributed by atoms with E-state index in [0.717, 1.165) is 22.0 Å². The van der Waals surface area contributed by atoms with Crippen LogP contribution in [0.3, 0.4) is 0 Å². The summed E-state index contributed by atoms with van der Waals surface area (Å²) >= 11 is 8.71. The Kier molecular flexibility index (Phi) is 6.58. The van der Waals surface area contributed by atoms with Crippen LogP contribution in [-0.2, 0) is 6.42 Å². The maximum absolute atomic E-state index is 12.6. The molecule has 36 heavy (non-hydrogen) atoms. The number of hydrogen-bond donors (Lipinski definition) is 3. The van der Waals surface area contributed by atoms with Gasteiger partial charge in [0.15, 0.2) is 16.5 Å². The predicted molar refractivity (Wildman–Crippen MR) is 146 cm³/mol. The number of furan rings is 1. The fourth-order valence-electron chi connectivity index (χ4n) is 3.65. The van der Waals surface area contributed by atoms with E-state index in [1.54, 1.807) is 24.3 Å². The second-order valence-electron chi connectivity index (χ2n) is 7.99. The van der Waals surface area contributed by atoms with Gasteiger partial charge in [0.25, 0.3) is 5.91 Å². The Morgan fingerprint density at radius 3 is 2.61 bits per heavy atom. The number of phenols is 1. The first-order valence-corrected chi connectivity index (χ1v) is 12.3. The van der Waals surface area contributed by atoms with Crippen molar-refractivity contribution in [2.24, 2.45) is 0 Å². The second kappa shape index (κ2) is 9.96. The summed E-state index contributed by atoms with van der Waals surface area (Å²) in [5.41, 5.74) is 4.27. The first kappa shape index (κ1) is 23.8. The maximum Gasteiger partial charge on any atom is 0.293 e. The lowest BCUT2D eigenvalue weighted by Gasteiger charge is -2.10. The van der Waals surface area contributed by atoms with E-state index in [0.29, 0.717) is 28.1 Å². The number of rotatable bonds is 5. The van der Waals surface area contributed by atoms with Crippen molar-refractivity contribution in [2.45, 2.75) is 13.3 Å². The van der Waals surface area contributed by atoms with Gasteiger partial charge in [0.2, 0.25) is 5.89 Å². The minimum Gasteiger partial charge on any atom is -0.507 e. The van der Waals surface area contributed by atoms with Crippen molar-refractivity contribution in [1.82, 2.24) is 10.3 Å². The Bertz CT molecular complexity index is 1590. The number of oxazole rings is 1. The zero-order valence-electron chi connectivity index (χ0n) is 19.0. The molecule has 9 heteroatoms. The van der Waals surface area contributed by atoms with Crippen LogP contribution in [0.1, 0.15) is 23.0 Å². The van der Waals surface area contributed by atoms with Crippen LogP contribution < -0.4 is 10.6 Å². The molecule has 0 aliphatic rings. The van der Waals surface area contributed by atoms with E-state index in [1.165, 1.54) is 6.07 Å². The van der Waals surface area contributed by atoms with Crippen LogP contribution in [0.5, 0.6) is 5.75 Å². The molecule has 0 aliphatic heterocycles. The van der Waals surface area contributed by atoms with Crippen LogP contribution in [0.25, 0.3) is 33.9 Å². The molecule has 180 valence electrons. The van der Waals surface area contributed by atoms with Crippen molar-refractivity contribution in [3.8, 4) is 28.5 Å². The first-order valence-electron chi connectivity index (χ1n) is 11.1. The Balaban J connectivity index is 1.29. The third-order valence-corrected chi connectivity index (χ3v) is 6.26. The zero-order chi connectivity index (χ0) is 25.2. The molecular formula is C27H20BrN3O4S. The van der Waals surface area contributed by atoms with Gasteiger partial charge in [0.05, 0.1) is 5.56 Å². The van der Waals surface area contributed by atoms with E-state index < -0.39 is 5.91 Å². The summed E-state index contributed by atoms with van der Waals surface area (Å²) in [5, 5.41) is 16.0. The Hall–Kier alpha value is -3.95. The predicted octanol–water partition coefficient (Wildman–Crippen LogP) is 6.91. The molecule has 0 radical (unpaired) electrons. The number of nitrogens with one attached hydrogen (secondary N) is 2. The molecular weight excluding hydrogens is 542 g/mol. The molecule has 0 fully saturated rings. The highest BCUT2D eigenvalue weighted by Gasteiger charge is 2.16. The number of benzene rings is 3. The molecule has 5 aromatic rings. The molecule has 0 bridgehead atoms. The van der Waals surface area contributed by atoms with Gasteiger partial charge in [-0.15, -0.1) is 0 Å². The molecule has 2 heterocycles. The summed E-state index contributed by atoms with van der Waals surface area (Å²) in [6, 6.07) is 21.5. The van der Waals surface area contributed by atoms with Crippen molar-refractivity contribution in [3.63, 3.8) is 0 Å². The van der Waals surface area contributed by atoms with Crippen molar-refractivity contribution >= 4 is 56.0 Å². The lowest BCUT2D eigenvalue weighted by Crippen LogP contribution is -2.33. The number of nitrogens with zero attached hydrogens (tertiary/aromatic N) is 1. The minimum atomic E-state index is -0.486. The smallest absolute Gasteiger partial charge is 0.293 e. The Morgan fingerprint density at radius 2 is 1.83 bits per heavy atom. The highest BCUT2D eigenvalue weighted by atomic mass is 79.9. The van der Waals surface area contributed by atoms with E-state index in [-0.39, 0.29) is 22.5 Å². The van der Waals surface area contributed by atoms with E-state index in [4.69, 9.17) is 21.1 Å². The number of halogens is 1. The number of anilines is 1. The average Bonchev–Trinajstić information content (AvgIpc) is 3.53. The van der Waals surface area contributed by atoms with Gasteiger partial charge in [-0.2, -0.15) is 0 Å². The standard InChI is InChI=1S/C27H20BrN3O4S/c1-2-15-3-10-23-20(13-15)30-26(35-23)19-14-18(8-9-21(19)32)29-27(36)31-25(33)24-12-11-22(34-24)16-4-6-17(28)7-5-16/h3-14,32H,2H2,1H3,(H2,29,31,33,36). The van der Waals surface area contributed by atoms with Gasteiger partial charge in [-0.1, -0.05) is 41.1 Å². The highest BCUT2D eigenvalue weighted by molar-refractivity contribution is 9.10. The number of aromatic hydroxyl groups is 1. The lowest BCUT2D eigenvalue weighted by molar-refractivity contribution is 0.0951. The third-order valence-electron chi connectivity index (χ3n) is 5.53. The van der Waals surface area contributed by atoms with Gasteiger partial charge in [-0.05, 0) is 78.8 Å². The summed E-state index contributed by atoms with van der Waals surface area (Å²) < 4.78 is 12.5. The van der Waals surface area contributed by atoms with E-state index >= 15 is 0 Å². The monoisotopic (exact) mass is 561 g/mol. The molecule has 1 amide bonds. The molecule has 7 nitrogen and oxygen atoms in total. The molecule has 3 aromatic carbocycles. The van der Waals surface area contributed by atoms with Gasteiger partial charge in [0.1, 0.15) is 17.0 Å². The number of thiocarbonyl (C=S) groups is 1. The van der Waals surface area contributed by atoms with Gasteiger partial charge < -0.3 is 19.3 Å². The number of carbonyl (C=O) groups is 1. The van der Waals surface area contributed by atoms with Crippen LogP contribution in [-0.4, -0.2) is 21.1 Å². The fourth-order valence-corrected chi connectivity index (χ4v) is 4.12. The largest absolute Gasteiger partial charge is 0.507 e. The van der Waals surface area contributed by atoms with Gasteiger partial charge in [-0.3, -0.25) is 10.1 Å². The van der Waals surface area contributed by atoms with Crippen molar-refractivity contribution < 1.29 is 18.7 Å². The topological polar surface area (TPSA) is 101 Å². The Labute approximate surface area is 220 Å². The summed E-state index contributed by atoms with van der Waals surface area (Å²) in [6.07, 6.45) is 0.884. The average molecular weight is 562 g/mol. The van der Waals surface area contributed by atoms with Crippen LogP contribution >= 0.6 is 28.1 Å². The van der Waals surface area contributed by atoms with E-state index in [9.17, 15) is 9.90 Å². The van der Waals surface area contributed by atoms with Crippen molar-refractivity contribution in [2.75, 3.05) is 5.32 Å². The number of fused-ring (bicyclic) bond motifs is 1. The highest BCUT2D eigenvalue weighted by Crippen LogP contribution is 2.33. The lowest BCUT2D eigenvalue weighted by atomic mass is 10.1. The summed E-state index contributed by atoms with van der Waals surface area (Å²) in [4.78, 5) is 17.2. The quantitative estimate of drug-likeness (QED) is 0.158. The van der Waals surface area contributed by atoms with Crippen LogP contribution in [0.15, 0.2) is 86.1 Å². The molecule has 5 rings (SSSR count). The summed E-state index contributed by atoms with van der Waals surface area (Å²) in [6.45, 7) is 2.07. The SMILES string of the molecule is CCc1ccc2oc(-c3cc(NC(=S)NC(=O)c4ccc(-c5ccc(Br)cc5)o4)ccc3O)nc2c1. The van der Waals surface area contributed by atoms with E-state index in [2.05, 4.69) is 38.5 Å². The van der Waals surface area contributed by atoms with Crippen molar-refractivity contribution in [1.29, 1.82) is 0 Å².